The Kier molecular flexibility index (Phi) is 7.85. The topological polar surface area (TPSA) is 42.4 Å². The van der Waals surface area contributed by atoms with E-state index in [4.69, 9.17) is 10.2 Å². The van der Waals surface area contributed by atoms with Gasteiger partial charge in [-0.15, -0.1) is 0 Å². The molecule has 2 N–H and O–H groups in total. The second kappa shape index (κ2) is 8.85. The monoisotopic (exact) mass is 344 g/mol. The van der Waals surface area contributed by atoms with Crippen LogP contribution in [0.2, 0.25) is 0 Å². The maximum atomic E-state index is 6.01. The van der Waals surface area contributed by atoms with Crippen LogP contribution in [-0.4, -0.2) is 24.5 Å². The molecule has 1 atom stereocenters. The summed E-state index contributed by atoms with van der Waals surface area (Å²) in [5.74, 6) is 2.38. The van der Waals surface area contributed by atoms with Crippen molar-refractivity contribution >= 4 is 15.9 Å². The van der Waals surface area contributed by atoms with E-state index in [9.17, 15) is 0 Å². The van der Waals surface area contributed by atoms with Gasteiger partial charge in [0.1, 0.15) is 5.76 Å². The van der Waals surface area contributed by atoms with Gasteiger partial charge >= 0.3 is 0 Å². The van der Waals surface area contributed by atoms with E-state index >= 15 is 0 Å². The maximum Gasteiger partial charge on any atom is 0.169 e. The zero-order valence-electron chi connectivity index (χ0n) is 13.2. The quantitative estimate of drug-likeness (QED) is 0.720. The van der Waals surface area contributed by atoms with E-state index in [2.05, 4.69) is 48.5 Å². The molecule has 0 aliphatic rings. The molecule has 1 heterocycles. The number of rotatable bonds is 9. The molecule has 20 heavy (non-hydrogen) atoms. The van der Waals surface area contributed by atoms with E-state index in [0.717, 1.165) is 23.5 Å². The zero-order valence-corrected chi connectivity index (χ0v) is 14.8. The van der Waals surface area contributed by atoms with E-state index in [1.807, 2.05) is 12.1 Å². The molecule has 1 unspecified atom stereocenters. The molecule has 116 valence electrons. The summed E-state index contributed by atoms with van der Waals surface area (Å²) >= 11 is 3.38. The highest BCUT2D eigenvalue weighted by molar-refractivity contribution is 9.10. The van der Waals surface area contributed by atoms with Gasteiger partial charge in [0.25, 0.3) is 0 Å². The molecule has 0 spiro atoms. The molecule has 0 fully saturated rings. The van der Waals surface area contributed by atoms with Crippen LogP contribution in [0.4, 0.5) is 0 Å². The highest BCUT2D eigenvalue weighted by atomic mass is 79.9. The first-order valence-corrected chi connectivity index (χ1v) is 8.42. The fourth-order valence-corrected chi connectivity index (χ4v) is 2.54. The minimum absolute atomic E-state index is 0.179. The lowest BCUT2D eigenvalue weighted by atomic mass is 10.1. The van der Waals surface area contributed by atoms with Crippen molar-refractivity contribution in [2.75, 3.05) is 19.6 Å². The summed E-state index contributed by atoms with van der Waals surface area (Å²) in [5, 5.41) is 0. The van der Waals surface area contributed by atoms with Crippen LogP contribution in [0.3, 0.4) is 0 Å². The van der Waals surface area contributed by atoms with E-state index in [1.165, 1.54) is 12.8 Å². The Bertz CT molecular complexity index is 364. The van der Waals surface area contributed by atoms with Crippen LogP contribution in [0, 0.1) is 11.8 Å². The molecule has 1 aromatic heterocycles. The van der Waals surface area contributed by atoms with Crippen molar-refractivity contribution in [2.45, 2.75) is 46.6 Å². The first-order valence-electron chi connectivity index (χ1n) is 7.63. The Labute approximate surface area is 132 Å². The number of hydrogen-bond donors (Lipinski definition) is 1. The normalized spacial score (nSPS) is 13.7. The second-order valence-electron chi connectivity index (χ2n) is 6.29. The molecule has 1 aromatic rings. The van der Waals surface area contributed by atoms with Gasteiger partial charge in [0.2, 0.25) is 0 Å². The Morgan fingerprint density at radius 1 is 1.10 bits per heavy atom. The van der Waals surface area contributed by atoms with Crippen LogP contribution in [0.1, 0.15) is 52.3 Å². The first kappa shape index (κ1) is 17.7. The summed E-state index contributed by atoms with van der Waals surface area (Å²) < 4.78 is 6.50. The number of nitrogens with zero attached hydrogens (tertiary/aromatic N) is 1. The number of hydrogen-bond acceptors (Lipinski definition) is 3. The lowest BCUT2D eigenvalue weighted by Crippen LogP contribution is -2.36. The van der Waals surface area contributed by atoms with Gasteiger partial charge in [-0.25, -0.2) is 0 Å². The molecule has 4 heteroatoms. The Balaban J connectivity index is 2.75. The second-order valence-corrected chi connectivity index (χ2v) is 7.08. The number of halogens is 1. The number of furan rings is 1. The van der Waals surface area contributed by atoms with Crippen molar-refractivity contribution < 1.29 is 4.42 Å². The largest absolute Gasteiger partial charge is 0.453 e. The predicted molar refractivity (Wildman–Crippen MR) is 88.7 cm³/mol. The highest BCUT2D eigenvalue weighted by Gasteiger charge is 2.22. The van der Waals surface area contributed by atoms with Gasteiger partial charge in [-0.2, -0.15) is 0 Å². The van der Waals surface area contributed by atoms with Crippen LogP contribution >= 0.6 is 15.9 Å². The third kappa shape index (κ3) is 5.98. The molecule has 0 bridgehead atoms. The molecule has 0 aromatic carbocycles. The van der Waals surface area contributed by atoms with E-state index in [1.54, 1.807) is 0 Å². The summed E-state index contributed by atoms with van der Waals surface area (Å²) in [5.41, 5.74) is 6.01. The SMILES string of the molecule is CC(C)CCN(CCC(C)C)C(CN)c1ccc(Br)o1. The van der Waals surface area contributed by atoms with Crippen molar-refractivity contribution in [3.05, 3.63) is 22.6 Å². The average Bonchev–Trinajstić information content (AvgIpc) is 2.78. The number of nitrogens with two attached hydrogens (primary N) is 1. The third-order valence-electron chi connectivity index (χ3n) is 3.57. The van der Waals surface area contributed by atoms with Crippen LogP contribution in [-0.2, 0) is 0 Å². The van der Waals surface area contributed by atoms with Crippen LogP contribution < -0.4 is 5.73 Å². The highest BCUT2D eigenvalue weighted by Crippen LogP contribution is 2.26. The summed E-state index contributed by atoms with van der Waals surface area (Å²) in [6.45, 7) is 11.8. The molecule has 0 aliphatic carbocycles. The summed E-state index contributed by atoms with van der Waals surface area (Å²) in [4.78, 5) is 2.48. The van der Waals surface area contributed by atoms with E-state index < -0.39 is 0 Å². The van der Waals surface area contributed by atoms with Gasteiger partial charge in [-0.1, -0.05) is 27.7 Å². The molecular weight excluding hydrogens is 316 g/mol. The lowest BCUT2D eigenvalue weighted by Gasteiger charge is -2.30. The smallest absolute Gasteiger partial charge is 0.169 e. The fraction of sp³-hybridized carbons (Fsp3) is 0.750. The molecule has 0 saturated heterocycles. The van der Waals surface area contributed by atoms with Gasteiger partial charge in [0, 0.05) is 6.54 Å². The van der Waals surface area contributed by atoms with Crippen molar-refractivity contribution in [2.24, 2.45) is 17.6 Å². The van der Waals surface area contributed by atoms with Gasteiger partial charge in [0.15, 0.2) is 4.67 Å². The minimum Gasteiger partial charge on any atom is -0.453 e. The molecule has 0 amide bonds. The van der Waals surface area contributed by atoms with Crippen LogP contribution in [0.25, 0.3) is 0 Å². The van der Waals surface area contributed by atoms with Crippen molar-refractivity contribution in [3.63, 3.8) is 0 Å². The maximum absolute atomic E-state index is 6.01. The van der Waals surface area contributed by atoms with Crippen molar-refractivity contribution in [3.8, 4) is 0 Å². The van der Waals surface area contributed by atoms with Crippen LogP contribution in [0.5, 0.6) is 0 Å². The van der Waals surface area contributed by atoms with Crippen molar-refractivity contribution in [1.29, 1.82) is 0 Å². The molecule has 3 nitrogen and oxygen atoms in total. The Morgan fingerprint density at radius 2 is 1.65 bits per heavy atom. The Morgan fingerprint density at radius 3 is 2.00 bits per heavy atom. The minimum atomic E-state index is 0.179. The average molecular weight is 345 g/mol. The van der Waals surface area contributed by atoms with Crippen molar-refractivity contribution in [1.82, 2.24) is 4.90 Å². The van der Waals surface area contributed by atoms with Gasteiger partial charge in [-0.05, 0) is 65.8 Å². The Hall–Kier alpha value is -0.320. The molecule has 0 radical (unpaired) electrons. The summed E-state index contributed by atoms with van der Waals surface area (Å²) in [7, 11) is 0. The zero-order chi connectivity index (χ0) is 15.1. The summed E-state index contributed by atoms with van der Waals surface area (Å²) in [6.07, 6.45) is 2.38. The predicted octanol–water partition coefficient (Wildman–Crippen LogP) is 4.44. The van der Waals surface area contributed by atoms with E-state index in [-0.39, 0.29) is 6.04 Å². The molecule has 0 aliphatic heterocycles. The molecule has 1 rings (SSSR count). The lowest BCUT2D eigenvalue weighted by molar-refractivity contribution is 0.161. The summed E-state index contributed by atoms with van der Waals surface area (Å²) in [6, 6.07) is 4.15. The third-order valence-corrected chi connectivity index (χ3v) is 4.00. The first-order chi connectivity index (χ1) is 9.43. The fourth-order valence-electron chi connectivity index (χ4n) is 2.22. The molecular formula is C16H29BrN2O. The van der Waals surface area contributed by atoms with Gasteiger partial charge < -0.3 is 10.2 Å². The standard InChI is InChI=1S/C16H29BrN2O/c1-12(2)7-9-19(10-8-13(3)4)14(11-18)15-5-6-16(17)20-15/h5-6,12-14H,7-11,18H2,1-4H3. The van der Waals surface area contributed by atoms with Crippen LogP contribution in [0.15, 0.2) is 21.2 Å². The van der Waals surface area contributed by atoms with Gasteiger partial charge in [-0.3, -0.25) is 4.90 Å². The molecule has 0 saturated carbocycles. The van der Waals surface area contributed by atoms with E-state index in [0.29, 0.717) is 18.4 Å². The van der Waals surface area contributed by atoms with Gasteiger partial charge in [0.05, 0.1) is 6.04 Å².